The van der Waals surface area contributed by atoms with Gasteiger partial charge in [0, 0.05) is 13.2 Å². The molecule has 0 atom stereocenters. The topological polar surface area (TPSA) is 38.7 Å². The lowest BCUT2D eigenvalue weighted by atomic mass is 10.1. The van der Waals surface area contributed by atoms with Crippen molar-refractivity contribution in [3.05, 3.63) is 24.3 Å². The minimum absolute atomic E-state index is 0.401. The highest BCUT2D eigenvalue weighted by molar-refractivity contribution is 4.82. The molecule has 0 saturated heterocycles. The van der Waals surface area contributed by atoms with Gasteiger partial charge in [0.25, 0.3) is 0 Å². The minimum Gasteiger partial charge on any atom is -0.388 e. The Morgan fingerprint density at radius 1 is 0.381 bits per heavy atom. The van der Waals surface area contributed by atoms with Crippen LogP contribution in [0.1, 0.15) is 194 Å². The zero-order valence-corrected chi connectivity index (χ0v) is 28.8. The van der Waals surface area contributed by atoms with Crippen LogP contribution in [0.3, 0.4) is 0 Å². The van der Waals surface area contributed by atoms with Gasteiger partial charge in [-0.05, 0) is 64.2 Å². The number of hydrogen-bond donors (Lipinski definition) is 1. The number of unbranched alkanes of at least 4 members (excludes halogenated alkanes) is 24. The van der Waals surface area contributed by atoms with Crippen LogP contribution in [-0.4, -0.2) is 37.6 Å². The second-order valence-electron chi connectivity index (χ2n) is 12.7. The molecule has 0 heterocycles. The highest BCUT2D eigenvalue weighted by Crippen LogP contribution is 2.12. The molecule has 0 aliphatic carbocycles. The molecule has 0 aliphatic heterocycles. The molecule has 3 nitrogen and oxygen atoms in total. The van der Waals surface area contributed by atoms with Gasteiger partial charge in [-0.3, -0.25) is 0 Å². The van der Waals surface area contributed by atoms with Crippen molar-refractivity contribution in [1.82, 2.24) is 0 Å². The van der Waals surface area contributed by atoms with Crippen molar-refractivity contribution >= 4 is 0 Å². The molecule has 0 saturated carbocycles. The molecule has 0 bridgehead atoms. The van der Waals surface area contributed by atoms with E-state index in [0.29, 0.717) is 13.2 Å². The maximum absolute atomic E-state index is 10.1. The van der Waals surface area contributed by atoms with Gasteiger partial charge in [-0.15, -0.1) is 0 Å². The summed E-state index contributed by atoms with van der Waals surface area (Å²) in [5.74, 6) is 0. The second kappa shape index (κ2) is 38.4. The maximum Gasteiger partial charge on any atom is 0.101 e. The molecule has 0 radical (unpaired) electrons. The first-order valence-corrected chi connectivity index (χ1v) is 18.9. The van der Waals surface area contributed by atoms with Crippen molar-refractivity contribution in [2.24, 2.45) is 0 Å². The van der Waals surface area contributed by atoms with Gasteiger partial charge in [0.1, 0.15) is 6.10 Å². The first-order chi connectivity index (χ1) is 20.8. The summed E-state index contributed by atoms with van der Waals surface area (Å²) in [7, 11) is 0. The molecule has 0 unspecified atom stereocenters. The van der Waals surface area contributed by atoms with E-state index in [-0.39, 0.29) is 0 Å². The molecule has 0 aliphatic rings. The van der Waals surface area contributed by atoms with E-state index in [1.54, 1.807) is 0 Å². The Labute approximate surface area is 264 Å². The van der Waals surface area contributed by atoms with Crippen molar-refractivity contribution in [3.8, 4) is 0 Å². The molecule has 1 N–H and O–H groups in total. The maximum atomic E-state index is 10.1. The molecule has 0 fully saturated rings. The first kappa shape index (κ1) is 41.4. The van der Waals surface area contributed by atoms with Gasteiger partial charge in [0.15, 0.2) is 0 Å². The van der Waals surface area contributed by atoms with Crippen LogP contribution < -0.4 is 0 Å². The summed E-state index contributed by atoms with van der Waals surface area (Å²) in [6, 6.07) is 0. The predicted molar refractivity (Wildman–Crippen MR) is 187 cm³/mol. The van der Waals surface area contributed by atoms with Crippen molar-refractivity contribution < 1.29 is 14.6 Å². The van der Waals surface area contributed by atoms with Crippen molar-refractivity contribution in [2.75, 3.05) is 26.4 Å². The van der Waals surface area contributed by atoms with Gasteiger partial charge in [0.05, 0.1) is 13.2 Å². The second-order valence-corrected chi connectivity index (χ2v) is 12.7. The van der Waals surface area contributed by atoms with Crippen LogP contribution in [0.25, 0.3) is 0 Å². The fraction of sp³-hybridized carbons (Fsp3) is 0.897. The van der Waals surface area contributed by atoms with Crippen LogP contribution in [0.15, 0.2) is 24.3 Å². The third kappa shape index (κ3) is 37.4. The number of allylic oxidation sites excluding steroid dienone is 4. The van der Waals surface area contributed by atoms with Crippen LogP contribution in [-0.2, 0) is 9.47 Å². The van der Waals surface area contributed by atoms with E-state index >= 15 is 0 Å². The van der Waals surface area contributed by atoms with E-state index in [1.807, 2.05) is 0 Å². The Balaban J connectivity index is 3.21. The van der Waals surface area contributed by atoms with Crippen molar-refractivity contribution in [1.29, 1.82) is 0 Å². The van der Waals surface area contributed by atoms with Gasteiger partial charge in [-0.1, -0.05) is 154 Å². The molecule has 42 heavy (non-hydrogen) atoms. The number of aliphatic hydroxyl groups excluding tert-OH is 1. The molecule has 0 aromatic rings. The number of ether oxygens (including phenoxy) is 2. The molecule has 0 aromatic heterocycles. The Hall–Kier alpha value is -0.640. The Morgan fingerprint density at radius 2 is 0.643 bits per heavy atom. The lowest BCUT2D eigenvalue weighted by Crippen LogP contribution is -2.22. The lowest BCUT2D eigenvalue weighted by molar-refractivity contribution is -0.0201. The summed E-state index contributed by atoms with van der Waals surface area (Å²) in [6.07, 6.45) is 46.1. The third-order valence-electron chi connectivity index (χ3n) is 8.22. The first-order valence-electron chi connectivity index (χ1n) is 18.9. The molecule has 0 amide bonds. The number of rotatable bonds is 36. The standard InChI is InChI=1S/C39H76O3/c1-3-5-7-9-11-13-15-17-19-21-23-25-27-29-31-33-35-41-37-39(40)38-42-36-34-32-30-28-26-24-22-20-18-16-14-12-10-8-6-4-2/h17-20,39-40H,3-16,21-38H2,1-2H3/b19-17+,20-18+. The van der Waals surface area contributed by atoms with Crippen LogP contribution in [0, 0.1) is 0 Å². The number of aliphatic hydroxyl groups is 1. The molecule has 3 heteroatoms. The Kier molecular flexibility index (Phi) is 37.8. The molecule has 0 rings (SSSR count). The molecular formula is C39H76O3. The molecule has 0 aromatic carbocycles. The average molecular weight is 593 g/mol. The minimum atomic E-state index is -0.492. The zero-order chi connectivity index (χ0) is 30.4. The normalized spacial score (nSPS) is 12.1. The fourth-order valence-electron chi connectivity index (χ4n) is 5.39. The molecule has 250 valence electrons. The monoisotopic (exact) mass is 593 g/mol. The van der Waals surface area contributed by atoms with Crippen molar-refractivity contribution in [3.63, 3.8) is 0 Å². The van der Waals surface area contributed by atoms with Crippen LogP contribution in [0.5, 0.6) is 0 Å². The van der Waals surface area contributed by atoms with E-state index < -0.39 is 6.10 Å². The van der Waals surface area contributed by atoms with Gasteiger partial charge < -0.3 is 14.6 Å². The van der Waals surface area contributed by atoms with E-state index in [9.17, 15) is 5.11 Å². The highest BCUT2D eigenvalue weighted by Gasteiger charge is 2.04. The summed E-state index contributed by atoms with van der Waals surface area (Å²) >= 11 is 0. The quantitative estimate of drug-likeness (QED) is 0.0581. The lowest BCUT2D eigenvalue weighted by Gasteiger charge is -2.12. The largest absolute Gasteiger partial charge is 0.388 e. The Morgan fingerprint density at radius 3 is 0.952 bits per heavy atom. The van der Waals surface area contributed by atoms with E-state index in [1.165, 1.54) is 167 Å². The third-order valence-corrected chi connectivity index (χ3v) is 8.22. The van der Waals surface area contributed by atoms with Crippen LogP contribution >= 0.6 is 0 Å². The van der Waals surface area contributed by atoms with Gasteiger partial charge >= 0.3 is 0 Å². The van der Waals surface area contributed by atoms with Gasteiger partial charge in [-0.25, -0.2) is 0 Å². The van der Waals surface area contributed by atoms with E-state index in [2.05, 4.69) is 38.2 Å². The predicted octanol–water partition coefficient (Wildman–Crippen LogP) is 12.5. The Bertz CT molecular complexity index is 484. The summed E-state index contributed by atoms with van der Waals surface area (Å²) < 4.78 is 11.3. The fourth-order valence-corrected chi connectivity index (χ4v) is 5.39. The van der Waals surface area contributed by atoms with Crippen LogP contribution in [0.2, 0.25) is 0 Å². The van der Waals surface area contributed by atoms with Crippen molar-refractivity contribution in [2.45, 2.75) is 200 Å². The molecule has 0 spiro atoms. The van der Waals surface area contributed by atoms with Gasteiger partial charge in [0.2, 0.25) is 0 Å². The summed E-state index contributed by atoms with van der Waals surface area (Å²) in [5, 5.41) is 10.1. The summed E-state index contributed by atoms with van der Waals surface area (Å²) in [4.78, 5) is 0. The van der Waals surface area contributed by atoms with E-state index in [4.69, 9.17) is 9.47 Å². The van der Waals surface area contributed by atoms with Gasteiger partial charge in [-0.2, -0.15) is 0 Å². The van der Waals surface area contributed by atoms with E-state index in [0.717, 1.165) is 26.1 Å². The highest BCUT2D eigenvalue weighted by atomic mass is 16.5. The summed E-state index contributed by atoms with van der Waals surface area (Å²) in [5.41, 5.74) is 0. The molecular weight excluding hydrogens is 516 g/mol. The average Bonchev–Trinajstić information content (AvgIpc) is 3.00. The van der Waals surface area contributed by atoms with Crippen LogP contribution in [0.4, 0.5) is 0 Å². The zero-order valence-electron chi connectivity index (χ0n) is 28.8. The summed E-state index contributed by atoms with van der Waals surface area (Å²) in [6.45, 7) is 6.88. The SMILES string of the molecule is CCCCCCCC/C=C/CCCCCCCCOCC(O)COCCCCCCCC/C=C/CCCCCCCC. The number of hydrogen-bond acceptors (Lipinski definition) is 3. The smallest absolute Gasteiger partial charge is 0.101 e.